The summed E-state index contributed by atoms with van der Waals surface area (Å²) in [6.45, 7) is 4.47. The molecule has 2 unspecified atom stereocenters. The second-order valence-electron chi connectivity index (χ2n) is 6.23. The molecule has 17 heavy (non-hydrogen) atoms. The Morgan fingerprint density at radius 3 is 2.53 bits per heavy atom. The summed E-state index contributed by atoms with van der Waals surface area (Å²) in [4.78, 5) is 14.3. The Kier molecular flexibility index (Phi) is 4.61. The lowest BCUT2D eigenvalue weighted by Crippen LogP contribution is -2.38. The molecule has 2 aliphatic rings. The number of ketones is 1. The van der Waals surface area contributed by atoms with Crippen LogP contribution in [-0.4, -0.2) is 30.8 Å². The maximum Gasteiger partial charge on any atom is 0.137 e. The highest BCUT2D eigenvalue weighted by Crippen LogP contribution is 2.30. The zero-order chi connectivity index (χ0) is 12.3. The fourth-order valence-corrected chi connectivity index (χ4v) is 3.32. The van der Waals surface area contributed by atoms with E-state index in [1.807, 2.05) is 0 Å². The van der Waals surface area contributed by atoms with Crippen LogP contribution in [0.2, 0.25) is 0 Å². The van der Waals surface area contributed by atoms with Gasteiger partial charge in [-0.3, -0.25) is 4.79 Å². The molecule has 0 spiro atoms. The first kappa shape index (κ1) is 13.1. The Labute approximate surface area is 106 Å². The second kappa shape index (κ2) is 5.99. The van der Waals surface area contributed by atoms with Gasteiger partial charge in [-0.1, -0.05) is 19.8 Å². The average molecular weight is 237 g/mol. The van der Waals surface area contributed by atoms with Crippen LogP contribution in [0, 0.1) is 17.8 Å². The molecule has 2 fully saturated rings. The summed E-state index contributed by atoms with van der Waals surface area (Å²) in [5, 5.41) is 0. The maximum absolute atomic E-state index is 11.9. The van der Waals surface area contributed by atoms with Gasteiger partial charge in [0.15, 0.2) is 0 Å². The third kappa shape index (κ3) is 3.54. The summed E-state index contributed by atoms with van der Waals surface area (Å²) in [6, 6.07) is 0. The van der Waals surface area contributed by atoms with E-state index in [9.17, 15) is 4.79 Å². The van der Waals surface area contributed by atoms with Gasteiger partial charge in [0.2, 0.25) is 0 Å². The van der Waals surface area contributed by atoms with Crippen molar-refractivity contribution in [2.75, 3.05) is 20.1 Å². The van der Waals surface area contributed by atoms with Gasteiger partial charge < -0.3 is 4.90 Å². The number of hydrogen-bond donors (Lipinski definition) is 0. The van der Waals surface area contributed by atoms with Gasteiger partial charge in [0, 0.05) is 25.4 Å². The number of rotatable bonds is 5. The van der Waals surface area contributed by atoms with Crippen molar-refractivity contribution in [2.24, 2.45) is 17.8 Å². The SMILES string of the molecule is CCC1CCC(=O)C(CN(C)CC2CCC2)C1. The Morgan fingerprint density at radius 1 is 1.18 bits per heavy atom. The highest BCUT2D eigenvalue weighted by molar-refractivity contribution is 5.81. The van der Waals surface area contributed by atoms with Gasteiger partial charge >= 0.3 is 0 Å². The first-order valence-electron chi connectivity index (χ1n) is 7.40. The Morgan fingerprint density at radius 2 is 1.94 bits per heavy atom. The van der Waals surface area contributed by atoms with Crippen molar-refractivity contribution >= 4 is 5.78 Å². The van der Waals surface area contributed by atoms with E-state index in [1.165, 1.54) is 32.2 Å². The molecule has 2 rings (SSSR count). The lowest BCUT2D eigenvalue weighted by Gasteiger charge is -2.34. The molecule has 2 aliphatic carbocycles. The molecule has 98 valence electrons. The normalized spacial score (nSPS) is 30.6. The highest BCUT2D eigenvalue weighted by atomic mass is 16.1. The monoisotopic (exact) mass is 237 g/mol. The van der Waals surface area contributed by atoms with Crippen molar-refractivity contribution in [2.45, 2.75) is 51.9 Å². The van der Waals surface area contributed by atoms with E-state index in [1.54, 1.807) is 0 Å². The molecule has 0 saturated heterocycles. The molecule has 0 amide bonds. The molecular weight excluding hydrogens is 210 g/mol. The molecule has 2 nitrogen and oxygen atoms in total. The minimum atomic E-state index is 0.332. The summed E-state index contributed by atoms with van der Waals surface area (Å²) in [5.41, 5.74) is 0. The minimum absolute atomic E-state index is 0.332. The van der Waals surface area contributed by atoms with Gasteiger partial charge in [0.1, 0.15) is 5.78 Å². The lowest BCUT2D eigenvalue weighted by molar-refractivity contribution is -0.126. The number of nitrogens with zero attached hydrogens (tertiary/aromatic N) is 1. The van der Waals surface area contributed by atoms with Crippen LogP contribution in [0.25, 0.3) is 0 Å². The highest BCUT2D eigenvalue weighted by Gasteiger charge is 2.29. The maximum atomic E-state index is 11.9. The predicted molar refractivity (Wildman–Crippen MR) is 71.0 cm³/mol. The third-order valence-electron chi connectivity index (χ3n) is 4.78. The van der Waals surface area contributed by atoms with Crippen LogP contribution in [0.1, 0.15) is 51.9 Å². The summed E-state index contributed by atoms with van der Waals surface area (Å²) in [6.07, 6.45) is 8.58. The van der Waals surface area contributed by atoms with Crippen molar-refractivity contribution in [3.63, 3.8) is 0 Å². The van der Waals surface area contributed by atoms with E-state index in [2.05, 4.69) is 18.9 Å². The Hall–Kier alpha value is -0.370. The summed E-state index contributed by atoms with van der Waals surface area (Å²) >= 11 is 0. The van der Waals surface area contributed by atoms with Gasteiger partial charge in [-0.25, -0.2) is 0 Å². The number of hydrogen-bond acceptors (Lipinski definition) is 2. The van der Waals surface area contributed by atoms with E-state index >= 15 is 0 Å². The van der Waals surface area contributed by atoms with Crippen molar-refractivity contribution in [1.29, 1.82) is 0 Å². The van der Waals surface area contributed by atoms with E-state index in [4.69, 9.17) is 0 Å². The number of carbonyl (C=O) groups excluding carboxylic acids is 1. The lowest BCUT2D eigenvalue weighted by atomic mass is 9.79. The van der Waals surface area contributed by atoms with Crippen molar-refractivity contribution in [3.05, 3.63) is 0 Å². The average Bonchev–Trinajstić information content (AvgIpc) is 2.27. The van der Waals surface area contributed by atoms with Crippen molar-refractivity contribution in [1.82, 2.24) is 4.90 Å². The molecule has 2 atom stereocenters. The predicted octanol–water partition coefficient (Wildman–Crippen LogP) is 3.11. The molecule has 0 heterocycles. The van der Waals surface area contributed by atoms with E-state index in [0.717, 1.165) is 37.6 Å². The van der Waals surface area contributed by atoms with Gasteiger partial charge in [0.25, 0.3) is 0 Å². The fourth-order valence-electron chi connectivity index (χ4n) is 3.32. The quantitative estimate of drug-likeness (QED) is 0.732. The molecular formula is C15H27NO. The first-order valence-corrected chi connectivity index (χ1v) is 7.40. The van der Waals surface area contributed by atoms with Crippen LogP contribution >= 0.6 is 0 Å². The van der Waals surface area contributed by atoms with Crippen molar-refractivity contribution < 1.29 is 4.79 Å². The van der Waals surface area contributed by atoms with E-state index in [-0.39, 0.29) is 0 Å². The van der Waals surface area contributed by atoms with Gasteiger partial charge in [-0.05, 0) is 44.6 Å². The number of carbonyl (C=O) groups is 1. The molecule has 0 aromatic heterocycles. The van der Waals surface area contributed by atoms with E-state index in [0.29, 0.717) is 11.7 Å². The molecule has 0 bridgehead atoms. The van der Waals surface area contributed by atoms with Crippen LogP contribution < -0.4 is 0 Å². The van der Waals surface area contributed by atoms with Crippen LogP contribution in [0.5, 0.6) is 0 Å². The van der Waals surface area contributed by atoms with Crippen molar-refractivity contribution in [3.8, 4) is 0 Å². The third-order valence-corrected chi connectivity index (χ3v) is 4.78. The second-order valence-corrected chi connectivity index (χ2v) is 6.23. The molecule has 2 saturated carbocycles. The fraction of sp³-hybridized carbons (Fsp3) is 0.933. The van der Waals surface area contributed by atoms with Gasteiger partial charge in [-0.15, -0.1) is 0 Å². The molecule has 0 aromatic rings. The molecule has 0 aliphatic heterocycles. The summed E-state index contributed by atoms with van der Waals surface area (Å²) < 4.78 is 0. The summed E-state index contributed by atoms with van der Waals surface area (Å²) in [5.74, 6) is 2.57. The summed E-state index contributed by atoms with van der Waals surface area (Å²) in [7, 11) is 2.20. The Balaban J connectivity index is 1.76. The number of Topliss-reactive ketones (excluding diaryl/α,β-unsaturated/α-hetero) is 1. The van der Waals surface area contributed by atoms with Gasteiger partial charge in [0.05, 0.1) is 0 Å². The molecule has 2 heteroatoms. The largest absolute Gasteiger partial charge is 0.305 e. The van der Waals surface area contributed by atoms with Crippen LogP contribution in [0.4, 0.5) is 0 Å². The minimum Gasteiger partial charge on any atom is -0.305 e. The van der Waals surface area contributed by atoms with Crippen LogP contribution in [0.3, 0.4) is 0 Å². The molecule has 0 aromatic carbocycles. The smallest absolute Gasteiger partial charge is 0.137 e. The zero-order valence-corrected chi connectivity index (χ0v) is 11.5. The van der Waals surface area contributed by atoms with E-state index < -0.39 is 0 Å². The standard InChI is InChI=1S/C15H27NO/c1-3-12-7-8-15(17)14(9-12)11-16(2)10-13-5-4-6-13/h12-14H,3-11H2,1-2H3. The topological polar surface area (TPSA) is 20.3 Å². The van der Waals surface area contributed by atoms with Gasteiger partial charge in [-0.2, -0.15) is 0 Å². The zero-order valence-electron chi connectivity index (χ0n) is 11.5. The molecule has 0 radical (unpaired) electrons. The first-order chi connectivity index (χ1) is 8.19. The van der Waals surface area contributed by atoms with Crippen LogP contribution in [-0.2, 0) is 4.79 Å². The Bertz CT molecular complexity index is 260. The molecule has 0 N–H and O–H groups in total. The van der Waals surface area contributed by atoms with Crippen LogP contribution in [0.15, 0.2) is 0 Å².